The summed E-state index contributed by atoms with van der Waals surface area (Å²) in [5.74, 6) is -1.49. The first-order chi connectivity index (χ1) is 17.9. The number of nitrogen functional groups attached to an aromatic ring is 1. The van der Waals surface area contributed by atoms with Gasteiger partial charge < -0.3 is 31.8 Å². The number of carbonyl (C=O) groups excluding carboxylic acids is 2. The van der Waals surface area contributed by atoms with Crippen LogP contribution < -0.4 is 21.7 Å². The molecule has 9 nitrogen and oxygen atoms in total. The van der Waals surface area contributed by atoms with Crippen molar-refractivity contribution >= 4 is 66.4 Å². The molecule has 4 heterocycles. The van der Waals surface area contributed by atoms with E-state index in [1.807, 2.05) is 6.07 Å². The number of anilines is 1. The van der Waals surface area contributed by atoms with Crippen LogP contribution in [0, 0.1) is 5.92 Å². The summed E-state index contributed by atoms with van der Waals surface area (Å²) in [5.41, 5.74) is 7.09. The first-order valence-corrected chi connectivity index (χ1v) is 13.9. The van der Waals surface area contributed by atoms with E-state index >= 15 is 0 Å². The highest BCUT2D eigenvalue weighted by atomic mass is 32.2. The standard InChI is InChI=1S/C26H29N5O4S2/c27-21-17-3-1-2-4-18(17)30-22(21)24(33)31-19(25(34)35)13-29-23(32)20-12-15-11-16(36-26(15)37-20)6-5-14-7-9-28-10-8-14/h1-4,11-12,14,19,28,30H,5-10,13,27H2,(H,29,32)(H,31,33)(H,34,35). The number of aromatic nitrogens is 1. The number of carboxylic acids is 1. The van der Waals surface area contributed by atoms with Gasteiger partial charge in [0.1, 0.15) is 11.7 Å². The van der Waals surface area contributed by atoms with Crippen molar-refractivity contribution in [2.24, 2.45) is 5.92 Å². The van der Waals surface area contributed by atoms with Crippen molar-refractivity contribution in [1.29, 1.82) is 0 Å². The van der Waals surface area contributed by atoms with Gasteiger partial charge in [0.25, 0.3) is 11.8 Å². The molecule has 0 bridgehead atoms. The molecule has 1 saturated heterocycles. The van der Waals surface area contributed by atoms with Gasteiger partial charge in [0.15, 0.2) is 0 Å². The molecule has 5 rings (SSSR count). The van der Waals surface area contributed by atoms with Crippen LogP contribution >= 0.6 is 22.7 Å². The minimum absolute atomic E-state index is 0.0910. The Morgan fingerprint density at radius 1 is 1.11 bits per heavy atom. The quantitative estimate of drug-likeness (QED) is 0.191. The summed E-state index contributed by atoms with van der Waals surface area (Å²) in [7, 11) is 0. The van der Waals surface area contributed by atoms with E-state index in [1.165, 1.54) is 35.5 Å². The lowest BCUT2D eigenvalue weighted by Crippen LogP contribution is -2.48. The summed E-state index contributed by atoms with van der Waals surface area (Å²) < 4.78 is 1.09. The van der Waals surface area contributed by atoms with Gasteiger partial charge in [-0.05, 0) is 62.9 Å². The molecule has 7 N–H and O–H groups in total. The van der Waals surface area contributed by atoms with Crippen molar-refractivity contribution in [2.75, 3.05) is 25.4 Å². The number of fused-ring (bicyclic) bond motifs is 2. The maximum atomic E-state index is 12.7. The molecule has 2 amide bonds. The van der Waals surface area contributed by atoms with Gasteiger partial charge in [-0.1, -0.05) is 18.2 Å². The third kappa shape index (κ3) is 5.63. The molecule has 0 radical (unpaired) electrons. The monoisotopic (exact) mass is 539 g/mol. The number of thiophene rings is 2. The van der Waals surface area contributed by atoms with E-state index in [0.29, 0.717) is 15.8 Å². The Labute approximate surface area is 221 Å². The number of rotatable bonds is 9. The predicted molar refractivity (Wildman–Crippen MR) is 148 cm³/mol. The summed E-state index contributed by atoms with van der Waals surface area (Å²) >= 11 is 3.12. The van der Waals surface area contributed by atoms with E-state index in [0.717, 1.165) is 34.8 Å². The van der Waals surface area contributed by atoms with Gasteiger partial charge in [-0.3, -0.25) is 9.59 Å². The molecular weight excluding hydrogens is 510 g/mol. The Balaban J connectivity index is 1.18. The zero-order chi connectivity index (χ0) is 25.9. The maximum absolute atomic E-state index is 12.7. The van der Waals surface area contributed by atoms with Gasteiger partial charge >= 0.3 is 5.97 Å². The first-order valence-electron chi connectivity index (χ1n) is 12.3. The first kappa shape index (κ1) is 25.2. The largest absolute Gasteiger partial charge is 0.480 e. The van der Waals surface area contributed by atoms with E-state index in [-0.39, 0.29) is 23.8 Å². The Hall–Kier alpha value is -3.41. The van der Waals surface area contributed by atoms with Crippen LogP contribution in [0.5, 0.6) is 0 Å². The fraction of sp³-hybridized carbons (Fsp3) is 0.346. The van der Waals surface area contributed by atoms with Crippen LogP contribution in [0.4, 0.5) is 5.69 Å². The number of carbonyl (C=O) groups is 3. The zero-order valence-electron chi connectivity index (χ0n) is 20.1. The van der Waals surface area contributed by atoms with Gasteiger partial charge in [-0.15, -0.1) is 22.7 Å². The number of piperidine rings is 1. The van der Waals surface area contributed by atoms with Crippen LogP contribution in [0.1, 0.15) is 44.3 Å². The topological polar surface area (TPSA) is 149 Å². The molecule has 0 aliphatic carbocycles. The molecule has 0 saturated carbocycles. The molecule has 0 spiro atoms. The molecule has 1 atom stereocenters. The molecular formula is C26H29N5O4S2. The van der Waals surface area contributed by atoms with Crippen molar-refractivity contribution in [3.63, 3.8) is 0 Å². The minimum atomic E-state index is -1.31. The summed E-state index contributed by atoms with van der Waals surface area (Å²) in [5, 5.41) is 19.8. The number of para-hydroxylation sites is 1. The molecule has 3 aromatic heterocycles. The highest BCUT2D eigenvalue weighted by Crippen LogP contribution is 2.35. The van der Waals surface area contributed by atoms with Crippen LogP contribution in [0.15, 0.2) is 36.4 Å². The Morgan fingerprint density at radius 3 is 2.62 bits per heavy atom. The van der Waals surface area contributed by atoms with Crippen LogP contribution in [0.3, 0.4) is 0 Å². The second kappa shape index (κ2) is 10.9. The Bertz CT molecular complexity index is 1420. The Kier molecular flexibility index (Phi) is 7.45. The minimum Gasteiger partial charge on any atom is -0.480 e. The number of H-pyrrole nitrogens is 1. The highest BCUT2D eigenvalue weighted by molar-refractivity contribution is 7.39. The lowest BCUT2D eigenvalue weighted by Gasteiger charge is -2.22. The van der Waals surface area contributed by atoms with E-state index < -0.39 is 17.9 Å². The summed E-state index contributed by atoms with van der Waals surface area (Å²) in [6.45, 7) is 1.95. The van der Waals surface area contributed by atoms with Crippen molar-refractivity contribution in [3.8, 4) is 0 Å². The average Bonchev–Trinajstić information content (AvgIpc) is 3.57. The van der Waals surface area contributed by atoms with Gasteiger partial charge in [0.05, 0.1) is 14.6 Å². The van der Waals surface area contributed by atoms with Gasteiger partial charge in [-0.2, -0.15) is 0 Å². The predicted octanol–water partition coefficient (Wildman–Crippen LogP) is 3.57. The second-order valence-electron chi connectivity index (χ2n) is 9.33. The van der Waals surface area contributed by atoms with Crippen LogP contribution in [-0.2, 0) is 11.2 Å². The van der Waals surface area contributed by atoms with Crippen molar-refractivity contribution in [3.05, 3.63) is 51.8 Å². The number of nitrogens with two attached hydrogens (primary N) is 1. The zero-order valence-corrected chi connectivity index (χ0v) is 21.8. The smallest absolute Gasteiger partial charge is 0.328 e. The molecule has 1 aliphatic rings. The van der Waals surface area contributed by atoms with E-state index in [1.54, 1.807) is 35.6 Å². The molecule has 1 aromatic carbocycles. The number of aromatic amines is 1. The van der Waals surface area contributed by atoms with Crippen LogP contribution in [0.25, 0.3) is 20.3 Å². The molecule has 1 fully saturated rings. The molecule has 4 aromatic rings. The van der Waals surface area contributed by atoms with E-state index in [9.17, 15) is 19.5 Å². The van der Waals surface area contributed by atoms with Crippen LogP contribution in [0.2, 0.25) is 0 Å². The number of amides is 2. The molecule has 1 aliphatic heterocycles. The second-order valence-corrected chi connectivity index (χ2v) is 11.8. The fourth-order valence-electron chi connectivity index (χ4n) is 4.70. The lowest BCUT2D eigenvalue weighted by atomic mass is 9.93. The summed E-state index contributed by atoms with van der Waals surface area (Å²) in [6.07, 6.45) is 4.71. The van der Waals surface area contributed by atoms with Crippen molar-refractivity contribution in [1.82, 2.24) is 20.9 Å². The Morgan fingerprint density at radius 2 is 1.89 bits per heavy atom. The maximum Gasteiger partial charge on any atom is 0.328 e. The average molecular weight is 540 g/mol. The van der Waals surface area contributed by atoms with Gasteiger partial charge in [0, 0.05) is 27.7 Å². The highest BCUT2D eigenvalue weighted by Gasteiger charge is 2.25. The molecule has 37 heavy (non-hydrogen) atoms. The summed E-state index contributed by atoms with van der Waals surface area (Å²) in [4.78, 5) is 42.0. The lowest BCUT2D eigenvalue weighted by molar-refractivity contribution is -0.139. The number of aryl methyl sites for hydroxylation is 1. The van der Waals surface area contributed by atoms with Crippen molar-refractivity contribution < 1.29 is 19.5 Å². The number of carboxylic acid groups (broad SMARTS) is 1. The third-order valence-electron chi connectivity index (χ3n) is 6.79. The number of hydrogen-bond donors (Lipinski definition) is 6. The number of aliphatic carboxylic acids is 1. The molecule has 1 unspecified atom stereocenters. The third-order valence-corrected chi connectivity index (χ3v) is 9.24. The number of nitrogens with one attached hydrogen (secondary N) is 4. The molecule has 11 heteroatoms. The number of benzene rings is 1. The van der Waals surface area contributed by atoms with Crippen LogP contribution in [-0.4, -0.2) is 53.6 Å². The molecule has 194 valence electrons. The normalized spacial score (nSPS) is 15.1. The summed E-state index contributed by atoms with van der Waals surface area (Å²) in [6, 6.07) is 9.84. The van der Waals surface area contributed by atoms with Gasteiger partial charge in [-0.25, -0.2) is 4.79 Å². The van der Waals surface area contributed by atoms with E-state index in [4.69, 9.17) is 5.73 Å². The van der Waals surface area contributed by atoms with E-state index in [2.05, 4.69) is 27.0 Å². The SMILES string of the molecule is Nc1c(C(=O)NC(CNC(=O)c2cc3cc(CCC4CCNCC4)sc3s2)C(=O)O)[nH]c2ccccc12. The van der Waals surface area contributed by atoms with Gasteiger partial charge in [0.2, 0.25) is 0 Å². The van der Waals surface area contributed by atoms with Crippen molar-refractivity contribution in [2.45, 2.75) is 31.7 Å². The fourth-order valence-corrected chi connectivity index (χ4v) is 7.12. The number of hydrogen-bond acceptors (Lipinski definition) is 7.